The monoisotopic (exact) mass is 385 g/mol. The topological polar surface area (TPSA) is 46.2 Å². The number of ether oxygens (including phenoxy) is 1. The average Bonchev–Trinajstić information content (AvgIpc) is 3.35. The van der Waals surface area contributed by atoms with Crippen molar-refractivity contribution in [3.63, 3.8) is 0 Å². The van der Waals surface area contributed by atoms with Gasteiger partial charge in [-0.3, -0.25) is 4.98 Å². The lowest BCUT2D eigenvalue weighted by Crippen LogP contribution is -2.55. The molecule has 0 amide bonds. The van der Waals surface area contributed by atoms with E-state index in [1.165, 1.54) is 49.1 Å². The molecule has 1 aliphatic heterocycles. The molecule has 5 heteroatoms. The van der Waals surface area contributed by atoms with Crippen LogP contribution in [0.4, 0.5) is 0 Å². The minimum absolute atomic E-state index is 0.184. The molecule has 146 valence electrons. The highest BCUT2D eigenvalue weighted by Gasteiger charge is 2.47. The van der Waals surface area contributed by atoms with Gasteiger partial charge in [0.15, 0.2) is 0 Å². The number of thiophene rings is 1. The maximum absolute atomic E-state index is 5.44. The molecule has 0 bridgehead atoms. The Labute approximate surface area is 166 Å². The summed E-state index contributed by atoms with van der Waals surface area (Å²) in [4.78, 5) is 6.09. The van der Waals surface area contributed by atoms with Crippen LogP contribution in [0.5, 0.6) is 5.75 Å². The van der Waals surface area contributed by atoms with Gasteiger partial charge in [0, 0.05) is 29.4 Å². The van der Waals surface area contributed by atoms with E-state index in [-0.39, 0.29) is 5.41 Å². The third-order valence-electron chi connectivity index (χ3n) is 6.54. The number of hydrogen-bond donors (Lipinski definition) is 2. The quantitative estimate of drug-likeness (QED) is 0.699. The summed E-state index contributed by atoms with van der Waals surface area (Å²) in [6, 6.07) is 8.48. The van der Waals surface area contributed by atoms with Gasteiger partial charge < -0.3 is 15.4 Å². The first-order valence-corrected chi connectivity index (χ1v) is 11.1. The number of pyridine rings is 1. The molecule has 27 heavy (non-hydrogen) atoms. The smallest absolute Gasteiger partial charge is 0.134 e. The molecule has 1 atom stereocenters. The predicted octanol–water partition coefficient (Wildman–Crippen LogP) is 4.27. The van der Waals surface area contributed by atoms with Crippen molar-refractivity contribution < 1.29 is 4.74 Å². The van der Waals surface area contributed by atoms with Crippen LogP contribution in [0.3, 0.4) is 0 Å². The zero-order chi connectivity index (χ0) is 18.6. The predicted molar refractivity (Wildman–Crippen MR) is 112 cm³/mol. The molecule has 1 saturated carbocycles. The van der Waals surface area contributed by atoms with E-state index in [1.807, 2.05) is 18.3 Å². The molecule has 2 aromatic heterocycles. The van der Waals surface area contributed by atoms with Crippen molar-refractivity contribution in [2.45, 2.75) is 62.4 Å². The van der Waals surface area contributed by atoms with Crippen LogP contribution in [0.2, 0.25) is 0 Å². The number of nitrogens with one attached hydrogen (secondary N) is 2. The first-order chi connectivity index (χ1) is 13.3. The molecule has 2 fully saturated rings. The summed E-state index contributed by atoms with van der Waals surface area (Å²) in [6.07, 6.45) is 10.9. The van der Waals surface area contributed by atoms with E-state index >= 15 is 0 Å². The summed E-state index contributed by atoms with van der Waals surface area (Å²) in [5.74, 6) is 0.999. The molecule has 4 rings (SSSR count). The van der Waals surface area contributed by atoms with E-state index in [0.717, 1.165) is 31.8 Å². The summed E-state index contributed by atoms with van der Waals surface area (Å²) < 4.78 is 5.44. The van der Waals surface area contributed by atoms with Gasteiger partial charge in [0.05, 0.1) is 12.0 Å². The first kappa shape index (κ1) is 18.9. The number of methoxy groups -OCH3 is 1. The Balaban J connectivity index is 1.46. The van der Waals surface area contributed by atoms with Gasteiger partial charge in [0.1, 0.15) is 5.75 Å². The number of hydrogen-bond acceptors (Lipinski definition) is 5. The highest BCUT2D eigenvalue weighted by Crippen LogP contribution is 2.46. The van der Waals surface area contributed by atoms with Crippen LogP contribution < -0.4 is 15.4 Å². The lowest BCUT2D eigenvalue weighted by Gasteiger charge is -2.47. The molecule has 2 aliphatic rings. The molecule has 3 heterocycles. The van der Waals surface area contributed by atoms with E-state index in [2.05, 4.69) is 28.1 Å². The molecule has 1 spiro atoms. The van der Waals surface area contributed by atoms with Crippen LogP contribution in [0.1, 0.15) is 55.5 Å². The van der Waals surface area contributed by atoms with Crippen LogP contribution in [-0.2, 0) is 12.0 Å². The molecule has 2 aromatic rings. The van der Waals surface area contributed by atoms with Gasteiger partial charge in [-0.1, -0.05) is 18.9 Å². The van der Waals surface area contributed by atoms with E-state index in [0.29, 0.717) is 5.54 Å². The Bertz CT molecular complexity index is 726. The van der Waals surface area contributed by atoms with Crippen LogP contribution in [0.25, 0.3) is 0 Å². The van der Waals surface area contributed by atoms with E-state index in [9.17, 15) is 0 Å². The average molecular weight is 386 g/mol. The second-order valence-electron chi connectivity index (χ2n) is 8.18. The van der Waals surface area contributed by atoms with Crippen molar-refractivity contribution >= 4 is 11.3 Å². The maximum atomic E-state index is 5.44. The van der Waals surface area contributed by atoms with E-state index < -0.39 is 0 Å². The third-order valence-corrected chi connectivity index (χ3v) is 7.44. The Kier molecular flexibility index (Phi) is 5.81. The van der Waals surface area contributed by atoms with Gasteiger partial charge in [0.2, 0.25) is 0 Å². The van der Waals surface area contributed by atoms with E-state index in [4.69, 9.17) is 9.72 Å². The van der Waals surface area contributed by atoms with Crippen molar-refractivity contribution in [3.05, 3.63) is 46.4 Å². The second-order valence-corrected chi connectivity index (χ2v) is 9.18. The molecule has 0 aromatic carbocycles. The Morgan fingerprint density at radius 2 is 2.11 bits per heavy atom. The van der Waals surface area contributed by atoms with Gasteiger partial charge >= 0.3 is 0 Å². The zero-order valence-electron chi connectivity index (χ0n) is 16.3. The minimum Gasteiger partial charge on any atom is -0.496 e. The van der Waals surface area contributed by atoms with Gasteiger partial charge in [-0.05, 0) is 68.8 Å². The van der Waals surface area contributed by atoms with Gasteiger partial charge in [-0.25, -0.2) is 0 Å². The van der Waals surface area contributed by atoms with Crippen molar-refractivity contribution in [1.82, 2.24) is 15.6 Å². The van der Waals surface area contributed by atoms with Crippen LogP contribution in [0.15, 0.2) is 35.8 Å². The van der Waals surface area contributed by atoms with Crippen LogP contribution in [0, 0.1) is 0 Å². The number of aromatic nitrogens is 1. The van der Waals surface area contributed by atoms with Crippen molar-refractivity contribution in [3.8, 4) is 5.75 Å². The first-order valence-electron chi connectivity index (χ1n) is 10.2. The second kappa shape index (κ2) is 8.29. The number of rotatable bonds is 7. The SMILES string of the molecule is COc1ccsc1CNCC[C@@]1(c2ccccn2)CCNC2(CCCC2)C1. The molecule has 0 radical (unpaired) electrons. The number of nitrogens with zero attached hydrogens (tertiary/aromatic N) is 1. The zero-order valence-corrected chi connectivity index (χ0v) is 17.1. The molecular weight excluding hydrogens is 354 g/mol. The molecule has 1 aliphatic carbocycles. The lowest BCUT2D eigenvalue weighted by molar-refractivity contribution is 0.153. The summed E-state index contributed by atoms with van der Waals surface area (Å²) in [5, 5.41) is 9.65. The number of piperidine rings is 1. The lowest BCUT2D eigenvalue weighted by atomic mass is 9.66. The molecule has 2 N–H and O–H groups in total. The van der Waals surface area contributed by atoms with Crippen molar-refractivity contribution in [2.24, 2.45) is 0 Å². The standard InChI is InChI=1S/C22H31N3OS/c1-26-18-7-15-27-19(18)16-23-13-10-21(20-6-2-5-12-24-20)11-14-25-22(17-21)8-3-4-9-22/h2,5-7,12,15,23,25H,3-4,8-11,13-14,16-17H2,1H3/t21-/m1/s1. The third kappa shape index (κ3) is 4.05. The molecule has 0 unspecified atom stereocenters. The summed E-state index contributed by atoms with van der Waals surface area (Å²) >= 11 is 1.76. The van der Waals surface area contributed by atoms with Gasteiger partial charge in [0.25, 0.3) is 0 Å². The van der Waals surface area contributed by atoms with Gasteiger partial charge in [-0.2, -0.15) is 0 Å². The molecular formula is C22H31N3OS. The summed E-state index contributed by atoms with van der Waals surface area (Å²) in [5.41, 5.74) is 1.81. The van der Waals surface area contributed by atoms with Gasteiger partial charge in [-0.15, -0.1) is 11.3 Å². The Morgan fingerprint density at radius 3 is 2.89 bits per heavy atom. The van der Waals surface area contributed by atoms with Crippen molar-refractivity contribution in [1.29, 1.82) is 0 Å². The van der Waals surface area contributed by atoms with Crippen molar-refractivity contribution in [2.75, 3.05) is 20.2 Å². The Hall–Kier alpha value is -1.43. The van der Waals surface area contributed by atoms with Crippen LogP contribution in [-0.4, -0.2) is 30.7 Å². The fourth-order valence-electron chi connectivity index (χ4n) is 5.18. The summed E-state index contributed by atoms with van der Waals surface area (Å²) in [6.45, 7) is 2.99. The summed E-state index contributed by atoms with van der Waals surface area (Å²) in [7, 11) is 1.75. The molecule has 1 saturated heterocycles. The fourth-order valence-corrected chi connectivity index (χ4v) is 5.99. The van der Waals surface area contributed by atoms with Crippen LogP contribution >= 0.6 is 11.3 Å². The Morgan fingerprint density at radius 1 is 1.22 bits per heavy atom. The maximum Gasteiger partial charge on any atom is 0.134 e. The minimum atomic E-state index is 0.184. The highest BCUT2D eigenvalue weighted by atomic mass is 32.1. The normalized spacial score (nSPS) is 24.3. The highest BCUT2D eigenvalue weighted by molar-refractivity contribution is 7.10. The van der Waals surface area contributed by atoms with E-state index in [1.54, 1.807) is 18.4 Å². The molecule has 4 nitrogen and oxygen atoms in total. The largest absolute Gasteiger partial charge is 0.496 e. The fraction of sp³-hybridized carbons (Fsp3) is 0.591.